The van der Waals surface area contributed by atoms with Crippen molar-refractivity contribution in [3.8, 4) is 6.07 Å². The molecule has 3 heterocycles. The topological polar surface area (TPSA) is 83.1 Å². The van der Waals surface area contributed by atoms with Crippen LogP contribution in [0.4, 0.5) is 5.00 Å². The van der Waals surface area contributed by atoms with Crippen molar-refractivity contribution >= 4 is 27.9 Å². The van der Waals surface area contributed by atoms with E-state index in [9.17, 15) is 10.1 Å². The van der Waals surface area contributed by atoms with Gasteiger partial charge in [0.25, 0.3) is 5.91 Å². The van der Waals surface area contributed by atoms with Crippen molar-refractivity contribution in [1.29, 1.82) is 5.26 Å². The summed E-state index contributed by atoms with van der Waals surface area (Å²) in [4.78, 5) is 18.5. The van der Waals surface area contributed by atoms with E-state index in [0.29, 0.717) is 21.8 Å². The number of aromatic nitrogens is 3. The van der Waals surface area contributed by atoms with E-state index >= 15 is 0 Å². The molecule has 0 spiro atoms. The zero-order chi connectivity index (χ0) is 17.6. The van der Waals surface area contributed by atoms with E-state index in [1.165, 1.54) is 22.4 Å². The van der Waals surface area contributed by atoms with Gasteiger partial charge in [0.1, 0.15) is 16.6 Å². The summed E-state index contributed by atoms with van der Waals surface area (Å²) in [5.41, 5.74) is 4.44. The maximum atomic E-state index is 12.8. The third kappa shape index (κ3) is 2.59. The van der Waals surface area contributed by atoms with Crippen LogP contribution in [0, 0.1) is 25.2 Å². The number of hydrogen-bond acceptors (Lipinski definition) is 5. The Morgan fingerprint density at radius 3 is 2.96 bits per heavy atom. The number of fused-ring (bicyclic) bond motifs is 2. The molecule has 1 N–H and O–H groups in total. The van der Waals surface area contributed by atoms with Crippen LogP contribution in [0.1, 0.15) is 50.6 Å². The van der Waals surface area contributed by atoms with Crippen molar-refractivity contribution < 1.29 is 4.79 Å². The number of nitriles is 1. The third-order valence-corrected chi connectivity index (χ3v) is 5.74. The molecule has 0 fully saturated rings. The molecule has 3 aromatic rings. The molecule has 1 aliphatic rings. The Kier molecular flexibility index (Phi) is 3.77. The first kappa shape index (κ1) is 15.8. The molecule has 3 aromatic heterocycles. The molecule has 126 valence electrons. The van der Waals surface area contributed by atoms with Crippen LogP contribution in [0.25, 0.3) is 5.65 Å². The van der Waals surface area contributed by atoms with Crippen molar-refractivity contribution in [2.75, 3.05) is 5.32 Å². The molecule has 4 rings (SSSR count). The summed E-state index contributed by atoms with van der Waals surface area (Å²) in [5.74, 6) is -0.275. The lowest BCUT2D eigenvalue weighted by Gasteiger charge is -2.09. The van der Waals surface area contributed by atoms with Crippen molar-refractivity contribution in [2.24, 2.45) is 0 Å². The van der Waals surface area contributed by atoms with Crippen LogP contribution in [-0.2, 0) is 12.8 Å². The van der Waals surface area contributed by atoms with Gasteiger partial charge in [0.15, 0.2) is 5.65 Å². The number of amides is 1. The monoisotopic (exact) mass is 351 g/mol. The zero-order valence-corrected chi connectivity index (χ0v) is 14.9. The standard InChI is InChI=1S/C18H17N5OS/c1-10-7-11(2)23-16(21-10)14(9-20-23)17(24)22-18-13(8-19)12-5-3-4-6-15(12)25-18/h7,9H,3-6H2,1-2H3,(H,22,24). The summed E-state index contributed by atoms with van der Waals surface area (Å²) in [6.45, 7) is 3.82. The van der Waals surface area contributed by atoms with Crippen LogP contribution in [0.2, 0.25) is 0 Å². The Bertz CT molecular complexity index is 1040. The normalized spacial score (nSPS) is 13.5. The van der Waals surface area contributed by atoms with Gasteiger partial charge >= 0.3 is 0 Å². The summed E-state index contributed by atoms with van der Waals surface area (Å²) in [7, 11) is 0. The Morgan fingerprint density at radius 1 is 1.36 bits per heavy atom. The van der Waals surface area contributed by atoms with Gasteiger partial charge in [-0.1, -0.05) is 0 Å². The lowest BCUT2D eigenvalue weighted by atomic mass is 9.96. The Balaban J connectivity index is 1.72. The number of thiophene rings is 1. The summed E-state index contributed by atoms with van der Waals surface area (Å²) >= 11 is 1.52. The maximum absolute atomic E-state index is 12.8. The highest BCUT2D eigenvalue weighted by Crippen LogP contribution is 2.37. The number of nitrogens with one attached hydrogen (secondary N) is 1. The number of hydrogen-bond donors (Lipinski definition) is 1. The number of rotatable bonds is 2. The molecule has 0 radical (unpaired) electrons. The smallest absolute Gasteiger partial charge is 0.261 e. The highest BCUT2D eigenvalue weighted by molar-refractivity contribution is 7.16. The van der Waals surface area contributed by atoms with Crippen LogP contribution in [-0.4, -0.2) is 20.5 Å². The minimum absolute atomic E-state index is 0.275. The number of carbonyl (C=O) groups is 1. The highest BCUT2D eigenvalue weighted by Gasteiger charge is 2.23. The molecule has 0 saturated heterocycles. The van der Waals surface area contributed by atoms with Gasteiger partial charge < -0.3 is 5.32 Å². The quantitative estimate of drug-likeness (QED) is 0.767. The second-order valence-electron chi connectivity index (χ2n) is 6.31. The zero-order valence-electron chi connectivity index (χ0n) is 14.1. The van der Waals surface area contributed by atoms with E-state index in [4.69, 9.17) is 0 Å². The Hall–Kier alpha value is -2.72. The summed E-state index contributed by atoms with van der Waals surface area (Å²) < 4.78 is 1.66. The molecular weight excluding hydrogens is 334 g/mol. The first-order chi connectivity index (χ1) is 12.1. The van der Waals surface area contributed by atoms with Crippen molar-refractivity contribution in [2.45, 2.75) is 39.5 Å². The average Bonchev–Trinajstić information content (AvgIpc) is 3.15. The van der Waals surface area contributed by atoms with Gasteiger partial charge in [-0.3, -0.25) is 4.79 Å². The predicted octanol–water partition coefficient (Wildman–Crippen LogP) is 3.41. The molecular formula is C18H17N5OS. The molecule has 7 heteroatoms. The summed E-state index contributed by atoms with van der Waals surface area (Å²) in [6.07, 6.45) is 5.68. The van der Waals surface area contributed by atoms with Crippen molar-refractivity contribution in [1.82, 2.24) is 14.6 Å². The number of nitrogens with zero attached hydrogens (tertiary/aromatic N) is 4. The van der Waals surface area contributed by atoms with E-state index in [1.54, 1.807) is 4.52 Å². The molecule has 0 aliphatic heterocycles. The minimum Gasteiger partial charge on any atom is -0.312 e. The van der Waals surface area contributed by atoms with Crippen molar-refractivity contribution in [3.05, 3.63) is 45.2 Å². The van der Waals surface area contributed by atoms with Crippen molar-refractivity contribution in [3.63, 3.8) is 0 Å². The van der Waals surface area contributed by atoms with E-state index in [2.05, 4.69) is 21.5 Å². The number of aryl methyl sites for hydroxylation is 3. The van der Waals surface area contributed by atoms with Gasteiger partial charge in [0, 0.05) is 16.3 Å². The highest BCUT2D eigenvalue weighted by atomic mass is 32.1. The van der Waals surface area contributed by atoms with E-state index in [0.717, 1.165) is 42.6 Å². The SMILES string of the molecule is Cc1cc(C)n2ncc(C(=O)Nc3sc4c(c3C#N)CCCC4)c2n1. The van der Waals surface area contributed by atoms with Gasteiger partial charge in [0.05, 0.1) is 11.8 Å². The van der Waals surface area contributed by atoms with Crippen LogP contribution >= 0.6 is 11.3 Å². The van der Waals surface area contributed by atoms with Crippen LogP contribution < -0.4 is 5.32 Å². The average molecular weight is 351 g/mol. The summed E-state index contributed by atoms with van der Waals surface area (Å²) in [6, 6.07) is 4.19. The fraction of sp³-hybridized carbons (Fsp3) is 0.333. The molecule has 0 bridgehead atoms. The molecule has 1 amide bonds. The summed E-state index contributed by atoms with van der Waals surface area (Å²) in [5, 5.41) is 17.3. The van der Waals surface area contributed by atoms with Gasteiger partial charge in [0.2, 0.25) is 0 Å². The van der Waals surface area contributed by atoms with Gasteiger partial charge in [-0.05, 0) is 51.2 Å². The fourth-order valence-corrected chi connectivity index (χ4v) is 4.61. The molecule has 25 heavy (non-hydrogen) atoms. The van der Waals surface area contributed by atoms with Crippen LogP contribution in [0.5, 0.6) is 0 Å². The molecule has 0 saturated carbocycles. The number of carbonyl (C=O) groups excluding carboxylic acids is 1. The lowest BCUT2D eigenvalue weighted by Crippen LogP contribution is -2.12. The molecule has 6 nitrogen and oxygen atoms in total. The van der Waals surface area contributed by atoms with Gasteiger partial charge in [-0.15, -0.1) is 11.3 Å². The first-order valence-corrected chi connectivity index (χ1v) is 9.08. The van der Waals surface area contributed by atoms with Crippen LogP contribution in [0.15, 0.2) is 12.3 Å². The predicted molar refractivity (Wildman–Crippen MR) is 96.1 cm³/mol. The molecule has 0 aromatic carbocycles. The fourth-order valence-electron chi connectivity index (χ4n) is 3.37. The second kappa shape index (κ2) is 5.97. The van der Waals surface area contributed by atoms with Crippen LogP contribution in [0.3, 0.4) is 0 Å². The second-order valence-corrected chi connectivity index (χ2v) is 7.42. The third-order valence-electron chi connectivity index (χ3n) is 4.53. The maximum Gasteiger partial charge on any atom is 0.261 e. The molecule has 0 atom stereocenters. The van der Waals surface area contributed by atoms with E-state index < -0.39 is 0 Å². The Labute approximate surface area is 149 Å². The number of anilines is 1. The van der Waals surface area contributed by atoms with E-state index in [-0.39, 0.29) is 5.91 Å². The minimum atomic E-state index is -0.275. The lowest BCUT2D eigenvalue weighted by molar-refractivity contribution is 0.102. The Morgan fingerprint density at radius 2 is 2.16 bits per heavy atom. The van der Waals surface area contributed by atoms with E-state index in [1.807, 2.05) is 19.9 Å². The van der Waals surface area contributed by atoms with Gasteiger partial charge in [-0.25, -0.2) is 9.50 Å². The van der Waals surface area contributed by atoms with Gasteiger partial charge in [-0.2, -0.15) is 10.4 Å². The largest absolute Gasteiger partial charge is 0.312 e. The first-order valence-electron chi connectivity index (χ1n) is 8.26. The molecule has 1 aliphatic carbocycles. The molecule has 0 unspecified atom stereocenters.